The molecule has 1 aromatic rings. The molecule has 0 unspecified atom stereocenters. The molecule has 1 amide bonds. The Kier molecular flexibility index (Phi) is 5.37. The maximum absolute atomic E-state index is 11.5. The van der Waals surface area contributed by atoms with Crippen molar-refractivity contribution in [2.24, 2.45) is 0 Å². The summed E-state index contributed by atoms with van der Waals surface area (Å²) in [5.41, 5.74) is 1.74. The van der Waals surface area contributed by atoms with E-state index in [1.165, 1.54) is 25.5 Å². The highest BCUT2D eigenvalue weighted by Gasteiger charge is 2.25. The summed E-state index contributed by atoms with van der Waals surface area (Å²) < 4.78 is 4.72. The molecule has 4 nitrogen and oxygen atoms in total. The van der Waals surface area contributed by atoms with Crippen molar-refractivity contribution in [3.05, 3.63) is 35.4 Å². The van der Waals surface area contributed by atoms with Crippen LogP contribution in [0.2, 0.25) is 0 Å². The van der Waals surface area contributed by atoms with Gasteiger partial charge in [-0.15, -0.1) is 0 Å². The van der Waals surface area contributed by atoms with Crippen molar-refractivity contribution in [3.63, 3.8) is 0 Å². The van der Waals surface area contributed by atoms with E-state index in [-0.39, 0.29) is 17.9 Å². The van der Waals surface area contributed by atoms with Crippen LogP contribution in [-0.4, -0.2) is 25.0 Å². The fourth-order valence-electron chi connectivity index (χ4n) is 3.12. The van der Waals surface area contributed by atoms with Gasteiger partial charge in [-0.2, -0.15) is 0 Å². The quantitative estimate of drug-likeness (QED) is 0.687. The van der Waals surface area contributed by atoms with Gasteiger partial charge in [-0.3, -0.25) is 4.79 Å². The van der Waals surface area contributed by atoms with Gasteiger partial charge in [0, 0.05) is 18.9 Å². The molecule has 0 aliphatic heterocycles. The summed E-state index contributed by atoms with van der Waals surface area (Å²) in [6.07, 6.45) is 5.64. The van der Waals surface area contributed by atoms with Gasteiger partial charge < -0.3 is 10.1 Å². The van der Waals surface area contributed by atoms with E-state index in [1.807, 2.05) is 12.1 Å². The van der Waals surface area contributed by atoms with Crippen molar-refractivity contribution < 1.29 is 14.3 Å². The first kappa shape index (κ1) is 15.5. The number of rotatable bonds is 3. The summed E-state index contributed by atoms with van der Waals surface area (Å²) in [5, 5.41) is 3.09. The summed E-state index contributed by atoms with van der Waals surface area (Å²) in [4.78, 5) is 22.9. The fraction of sp³-hybridized carbons (Fsp3) is 0.529. The van der Waals surface area contributed by atoms with Crippen molar-refractivity contribution in [2.75, 3.05) is 7.11 Å². The van der Waals surface area contributed by atoms with Gasteiger partial charge in [-0.25, -0.2) is 4.79 Å². The summed E-state index contributed by atoms with van der Waals surface area (Å²) in [7, 11) is 1.38. The van der Waals surface area contributed by atoms with Crippen molar-refractivity contribution >= 4 is 11.9 Å². The predicted molar refractivity (Wildman–Crippen MR) is 81.2 cm³/mol. The molecule has 2 rings (SSSR count). The zero-order chi connectivity index (χ0) is 15.2. The highest BCUT2D eigenvalue weighted by atomic mass is 16.5. The van der Waals surface area contributed by atoms with Crippen LogP contribution >= 0.6 is 0 Å². The lowest BCUT2D eigenvalue weighted by atomic mass is 9.87. The maximum Gasteiger partial charge on any atom is 0.337 e. The molecule has 21 heavy (non-hydrogen) atoms. The molecular weight excluding hydrogens is 266 g/mol. The lowest BCUT2D eigenvalue weighted by Gasteiger charge is -2.26. The van der Waals surface area contributed by atoms with E-state index in [2.05, 4.69) is 5.32 Å². The molecule has 114 valence electrons. The highest BCUT2D eigenvalue weighted by molar-refractivity contribution is 5.89. The summed E-state index contributed by atoms with van der Waals surface area (Å²) in [6, 6.07) is 7.76. The third-order valence-electron chi connectivity index (χ3n) is 4.16. The molecule has 0 radical (unpaired) electrons. The van der Waals surface area contributed by atoms with E-state index in [0.29, 0.717) is 11.5 Å². The molecule has 1 fully saturated rings. The number of carbonyl (C=O) groups is 2. The number of esters is 1. The summed E-state index contributed by atoms with van der Waals surface area (Å²) in [6.45, 7) is 1.57. The largest absolute Gasteiger partial charge is 0.465 e. The Morgan fingerprint density at radius 1 is 1.10 bits per heavy atom. The zero-order valence-corrected chi connectivity index (χ0v) is 12.7. The van der Waals surface area contributed by atoms with Crippen molar-refractivity contribution in [3.8, 4) is 0 Å². The Morgan fingerprint density at radius 3 is 2.38 bits per heavy atom. The number of nitrogens with one attached hydrogen (secondary N) is 1. The molecule has 1 aromatic carbocycles. The Labute approximate surface area is 125 Å². The van der Waals surface area contributed by atoms with Crippen molar-refractivity contribution in [1.82, 2.24) is 5.32 Å². The molecule has 0 spiro atoms. The van der Waals surface area contributed by atoms with Gasteiger partial charge in [-0.05, 0) is 30.5 Å². The number of ether oxygens (including phenoxy) is 1. The van der Waals surface area contributed by atoms with E-state index in [9.17, 15) is 9.59 Å². The second-order valence-electron chi connectivity index (χ2n) is 5.67. The van der Waals surface area contributed by atoms with E-state index in [1.54, 1.807) is 19.1 Å². The summed E-state index contributed by atoms with van der Waals surface area (Å²) in [5.74, 6) is 0.0296. The van der Waals surface area contributed by atoms with Gasteiger partial charge in [-0.1, -0.05) is 31.4 Å². The average molecular weight is 289 g/mol. The minimum Gasteiger partial charge on any atom is -0.465 e. The number of methoxy groups -OCH3 is 1. The lowest BCUT2D eigenvalue weighted by Crippen LogP contribution is -2.37. The molecule has 0 bridgehead atoms. The first-order valence-corrected chi connectivity index (χ1v) is 7.57. The summed E-state index contributed by atoms with van der Waals surface area (Å²) >= 11 is 0. The number of amides is 1. The van der Waals surface area contributed by atoms with Gasteiger partial charge in [0.1, 0.15) is 0 Å². The number of hydrogen-bond donors (Lipinski definition) is 1. The Hall–Kier alpha value is -1.84. The molecule has 1 aliphatic rings. The van der Waals surface area contributed by atoms with Crippen molar-refractivity contribution in [2.45, 2.75) is 51.0 Å². The first-order chi connectivity index (χ1) is 10.1. The Morgan fingerprint density at radius 2 is 1.76 bits per heavy atom. The van der Waals surface area contributed by atoms with Crippen LogP contribution in [0.25, 0.3) is 0 Å². The monoisotopic (exact) mass is 289 g/mol. The van der Waals surface area contributed by atoms with Gasteiger partial charge in [0.05, 0.1) is 12.7 Å². The minimum absolute atomic E-state index is 0.0260. The van der Waals surface area contributed by atoms with E-state index in [0.717, 1.165) is 19.3 Å². The van der Waals surface area contributed by atoms with Gasteiger partial charge in [0.15, 0.2) is 0 Å². The highest BCUT2D eigenvalue weighted by Crippen LogP contribution is 2.32. The van der Waals surface area contributed by atoms with Crippen LogP contribution in [0.5, 0.6) is 0 Å². The molecule has 4 heteroatoms. The van der Waals surface area contributed by atoms with E-state index < -0.39 is 0 Å². The third-order valence-corrected chi connectivity index (χ3v) is 4.16. The van der Waals surface area contributed by atoms with Crippen LogP contribution in [-0.2, 0) is 9.53 Å². The van der Waals surface area contributed by atoms with E-state index >= 15 is 0 Å². The molecule has 1 aliphatic carbocycles. The molecule has 0 saturated heterocycles. The molecule has 0 heterocycles. The molecular formula is C17H23NO3. The van der Waals surface area contributed by atoms with Crippen LogP contribution < -0.4 is 5.32 Å². The second-order valence-corrected chi connectivity index (χ2v) is 5.67. The van der Waals surface area contributed by atoms with Gasteiger partial charge in [0.25, 0.3) is 0 Å². The zero-order valence-electron chi connectivity index (χ0n) is 12.7. The van der Waals surface area contributed by atoms with Crippen molar-refractivity contribution in [1.29, 1.82) is 0 Å². The first-order valence-electron chi connectivity index (χ1n) is 7.57. The normalized spacial score (nSPS) is 22.2. The second kappa shape index (κ2) is 7.25. The smallest absolute Gasteiger partial charge is 0.337 e. The number of carbonyl (C=O) groups excluding carboxylic acids is 2. The minimum atomic E-state index is -0.319. The standard InChI is InChI=1S/C17H23NO3/c1-12(19)18-16-7-5-3-4-6-15(16)13-8-10-14(11-9-13)17(20)21-2/h8-11,15-16H,3-7H2,1-2H3,(H,18,19)/t15-,16-/m0/s1. The molecule has 1 N–H and O–H groups in total. The van der Waals surface area contributed by atoms with Crippen LogP contribution in [0.4, 0.5) is 0 Å². The Bertz CT molecular complexity index is 495. The average Bonchev–Trinajstić information content (AvgIpc) is 2.71. The lowest BCUT2D eigenvalue weighted by molar-refractivity contribution is -0.119. The van der Waals surface area contributed by atoms with Gasteiger partial charge >= 0.3 is 5.97 Å². The Balaban J connectivity index is 2.19. The third kappa shape index (κ3) is 4.06. The van der Waals surface area contributed by atoms with Gasteiger partial charge in [0.2, 0.25) is 5.91 Å². The SMILES string of the molecule is COC(=O)c1ccc([C@@H]2CCCCC[C@@H]2NC(C)=O)cc1. The number of benzene rings is 1. The van der Waals surface area contributed by atoms with E-state index in [4.69, 9.17) is 4.74 Å². The van der Waals surface area contributed by atoms with Crippen LogP contribution in [0, 0.1) is 0 Å². The van der Waals surface area contributed by atoms with Crippen LogP contribution in [0.1, 0.15) is 60.9 Å². The molecule has 1 saturated carbocycles. The topological polar surface area (TPSA) is 55.4 Å². The number of hydrogen-bond acceptors (Lipinski definition) is 3. The van der Waals surface area contributed by atoms with Crippen LogP contribution in [0.3, 0.4) is 0 Å². The van der Waals surface area contributed by atoms with Crippen LogP contribution in [0.15, 0.2) is 24.3 Å². The molecule has 2 atom stereocenters. The molecule has 0 aromatic heterocycles. The maximum atomic E-state index is 11.5. The predicted octanol–water partition coefficient (Wildman–Crippen LogP) is 3.03. The fourth-order valence-corrected chi connectivity index (χ4v) is 3.12.